The van der Waals surface area contributed by atoms with Gasteiger partial charge >= 0.3 is 5.97 Å². The number of carbonyl (C=O) groups excluding carboxylic acids is 1. The Bertz CT molecular complexity index is 834. The number of carboxylic acid groups (broad SMARTS) is 1. The third-order valence-electron chi connectivity index (χ3n) is 5.15. The average Bonchev–Trinajstić information content (AvgIpc) is 2.90. The van der Waals surface area contributed by atoms with Crippen molar-refractivity contribution in [3.63, 3.8) is 0 Å². The van der Waals surface area contributed by atoms with Crippen molar-refractivity contribution in [3.8, 4) is 0 Å². The summed E-state index contributed by atoms with van der Waals surface area (Å²) in [7, 11) is 0. The largest absolute Gasteiger partial charge is 0.481 e. The molecule has 7 heteroatoms. The maximum absolute atomic E-state index is 12.8. The Labute approximate surface area is 146 Å². The quantitative estimate of drug-likeness (QED) is 0.888. The van der Waals surface area contributed by atoms with E-state index >= 15 is 0 Å². The molecule has 1 amide bonds. The third kappa shape index (κ3) is 3.10. The van der Waals surface area contributed by atoms with Gasteiger partial charge in [-0.2, -0.15) is 5.10 Å². The molecule has 1 aliphatic rings. The molecule has 2 aromatic rings. The highest BCUT2D eigenvalue weighted by Gasteiger charge is 2.40. The zero-order chi connectivity index (χ0) is 18.2. The zero-order valence-electron chi connectivity index (χ0n) is 14.9. The number of carbonyl (C=O) groups is 2. The van der Waals surface area contributed by atoms with Crippen molar-refractivity contribution in [1.29, 1.82) is 0 Å². The fraction of sp³-hybridized carbons (Fsp3) is 0.556. The first kappa shape index (κ1) is 17.4. The number of aryl methyl sites for hydroxylation is 3. The normalized spacial score (nSPS) is 16.8. The SMILES string of the molecule is Cc1cc(C)n2nc(C)c(C(=O)NCC3(C(=O)O)CCCCC3)c2n1. The summed E-state index contributed by atoms with van der Waals surface area (Å²) in [6.45, 7) is 5.70. The van der Waals surface area contributed by atoms with Crippen LogP contribution in [-0.2, 0) is 4.79 Å². The van der Waals surface area contributed by atoms with Crippen LogP contribution in [0.4, 0.5) is 0 Å². The Morgan fingerprint density at radius 3 is 2.56 bits per heavy atom. The van der Waals surface area contributed by atoms with Crippen LogP contribution in [-0.4, -0.2) is 38.1 Å². The number of amides is 1. The van der Waals surface area contributed by atoms with Crippen LogP contribution in [0.3, 0.4) is 0 Å². The molecule has 25 heavy (non-hydrogen) atoms. The summed E-state index contributed by atoms with van der Waals surface area (Å²) in [5.41, 5.74) is 2.38. The highest BCUT2D eigenvalue weighted by molar-refractivity contribution is 6.01. The Hall–Kier alpha value is -2.44. The average molecular weight is 344 g/mol. The predicted octanol–water partition coefficient (Wildman–Crippen LogP) is 2.42. The molecule has 134 valence electrons. The topological polar surface area (TPSA) is 96.6 Å². The lowest BCUT2D eigenvalue weighted by atomic mass is 9.74. The van der Waals surface area contributed by atoms with Crippen LogP contribution in [0.15, 0.2) is 6.07 Å². The van der Waals surface area contributed by atoms with Gasteiger partial charge < -0.3 is 10.4 Å². The van der Waals surface area contributed by atoms with Crippen LogP contribution in [0, 0.1) is 26.2 Å². The van der Waals surface area contributed by atoms with Crippen molar-refractivity contribution in [1.82, 2.24) is 19.9 Å². The number of hydrogen-bond donors (Lipinski definition) is 2. The van der Waals surface area contributed by atoms with Gasteiger partial charge in [0.25, 0.3) is 5.91 Å². The van der Waals surface area contributed by atoms with Gasteiger partial charge in [-0.05, 0) is 39.7 Å². The maximum Gasteiger partial charge on any atom is 0.311 e. The van der Waals surface area contributed by atoms with Gasteiger partial charge in [0.05, 0.1) is 11.1 Å². The van der Waals surface area contributed by atoms with E-state index in [1.54, 1.807) is 11.4 Å². The molecule has 2 N–H and O–H groups in total. The molecule has 7 nitrogen and oxygen atoms in total. The van der Waals surface area contributed by atoms with E-state index in [0.717, 1.165) is 30.7 Å². The highest BCUT2D eigenvalue weighted by Crippen LogP contribution is 2.36. The molecule has 0 spiro atoms. The monoisotopic (exact) mass is 344 g/mol. The number of nitrogens with zero attached hydrogens (tertiary/aromatic N) is 3. The molecular formula is C18H24N4O3. The lowest BCUT2D eigenvalue weighted by Gasteiger charge is -2.33. The zero-order valence-corrected chi connectivity index (χ0v) is 14.9. The molecule has 0 saturated heterocycles. The second-order valence-electron chi connectivity index (χ2n) is 7.06. The van der Waals surface area contributed by atoms with Crippen molar-refractivity contribution in [2.45, 2.75) is 52.9 Å². The predicted molar refractivity (Wildman–Crippen MR) is 92.7 cm³/mol. The summed E-state index contributed by atoms with van der Waals surface area (Å²) in [6.07, 6.45) is 4.04. The number of hydrogen-bond acceptors (Lipinski definition) is 4. The van der Waals surface area contributed by atoms with Gasteiger partial charge in [0.15, 0.2) is 5.65 Å². The number of aliphatic carboxylic acids is 1. The lowest BCUT2D eigenvalue weighted by molar-refractivity contribution is -0.150. The summed E-state index contributed by atoms with van der Waals surface area (Å²) in [4.78, 5) is 29.0. The first-order valence-corrected chi connectivity index (χ1v) is 8.69. The van der Waals surface area contributed by atoms with E-state index < -0.39 is 11.4 Å². The van der Waals surface area contributed by atoms with Gasteiger partial charge in [-0.1, -0.05) is 19.3 Å². The molecule has 1 fully saturated rings. The van der Waals surface area contributed by atoms with Crippen molar-refractivity contribution in [2.75, 3.05) is 6.54 Å². The number of nitrogens with one attached hydrogen (secondary N) is 1. The van der Waals surface area contributed by atoms with Crippen LogP contribution in [0.2, 0.25) is 0 Å². The van der Waals surface area contributed by atoms with Crippen LogP contribution in [0.1, 0.15) is 59.5 Å². The molecule has 2 heterocycles. The fourth-order valence-electron chi connectivity index (χ4n) is 3.73. The molecular weight excluding hydrogens is 320 g/mol. The molecule has 0 aliphatic heterocycles. The molecule has 0 unspecified atom stereocenters. The Kier molecular flexibility index (Phi) is 4.49. The van der Waals surface area contributed by atoms with E-state index in [0.29, 0.717) is 29.7 Å². The van der Waals surface area contributed by atoms with Crippen LogP contribution >= 0.6 is 0 Å². The molecule has 0 radical (unpaired) electrons. The van der Waals surface area contributed by atoms with E-state index in [2.05, 4.69) is 15.4 Å². The van der Waals surface area contributed by atoms with Gasteiger partial charge in [-0.3, -0.25) is 9.59 Å². The van der Waals surface area contributed by atoms with Gasteiger partial charge in [0, 0.05) is 17.9 Å². The maximum atomic E-state index is 12.8. The van der Waals surface area contributed by atoms with Crippen LogP contribution in [0.25, 0.3) is 5.65 Å². The van der Waals surface area contributed by atoms with Crippen molar-refractivity contribution in [2.24, 2.45) is 5.41 Å². The molecule has 1 saturated carbocycles. The van der Waals surface area contributed by atoms with Crippen molar-refractivity contribution in [3.05, 3.63) is 28.7 Å². The van der Waals surface area contributed by atoms with E-state index in [-0.39, 0.29) is 12.5 Å². The van der Waals surface area contributed by atoms with Crippen LogP contribution < -0.4 is 5.32 Å². The Morgan fingerprint density at radius 2 is 1.92 bits per heavy atom. The second kappa shape index (κ2) is 6.46. The van der Waals surface area contributed by atoms with Gasteiger partial charge in [-0.15, -0.1) is 0 Å². The Morgan fingerprint density at radius 1 is 1.24 bits per heavy atom. The first-order valence-electron chi connectivity index (χ1n) is 8.69. The molecule has 0 aromatic carbocycles. The number of carboxylic acids is 1. The summed E-state index contributed by atoms with van der Waals surface area (Å²) < 4.78 is 1.66. The van der Waals surface area contributed by atoms with E-state index in [4.69, 9.17) is 0 Å². The number of rotatable bonds is 4. The molecule has 1 aliphatic carbocycles. The van der Waals surface area contributed by atoms with E-state index in [1.165, 1.54) is 0 Å². The second-order valence-corrected chi connectivity index (χ2v) is 7.06. The van der Waals surface area contributed by atoms with Gasteiger partial charge in [0.2, 0.25) is 0 Å². The minimum absolute atomic E-state index is 0.142. The summed E-state index contributed by atoms with van der Waals surface area (Å²) >= 11 is 0. The fourth-order valence-corrected chi connectivity index (χ4v) is 3.73. The molecule has 3 rings (SSSR count). The number of fused-ring (bicyclic) bond motifs is 1. The van der Waals surface area contributed by atoms with Gasteiger partial charge in [-0.25, -0.2) is 9.50 Å². The lowest BCUT2D eigenvalue weighted by Crippen LogP contribution is -2.44. The van der Waals surface area contributed by atoms with Crippen molar-refractivity contribution >= 4 is 17.5 Å². The minimum atomic E-state index is -0.857. The summed E-state index contributed by atoms with van der Waals surface area (Å²) in [5, 5.41) is 16.9. The third-order valence-corrected chi connectivity index (χ3v) is 5.15. The summed E-state index contributed by atoms with van der Waals surface area (Å²) in [5.74, 6) is -1.13. The number of aromatic nitrogens is 3. The van der Waals surface area contributed by atoms with E-state index in [9.17, 15) is 14.7 Å². The molecule has 0 bridgehead atoms. The molecule has 2 aromatic heterocycles. The Balaban J connectivity index is 1.87. The van der Waals surface area contributed by atoms with Crippen LogP contribution in [0.5, 0.6) is 0 Å². The highest BCUT2D eigenvalue weighted by atomic mass is 16.4. The van der Waals surface area contributed by atoms with Crippen molar-refractivity contribution < 1.29 is 14.7 Å². The minimum Gasteiger partial charge on any atom is -0.481 e. The summed E-state index contributed by atoms with van der Waals surface area (Å²) in [6, 6.07) is 1.91. The first-order chi connectivity index (χ1) is 11.8. The standard InChI is InChI=1S/C18H24N4O3/c1-11-9-12(2)22-15(20-11)14(13(3)21-22)16(23)19-10-18(17(24)25)7-5-4-6-8-18/h9H,4-8,10H2,1-3H3,(H,19,23)(H,24,25). The smallest absolute Gasteiger partial charge is 0.311 e. The van der Waals surface area contributed by atoms with E-state index in [1.807, 2.05) is 19.9 Å². The van der Waals surface area contributed by atoms with Gasteiger partial charge in [0.1, 0.15) is 5.56 Å². The molecule has 0 atom stereocenters.